The number of halogens is 4. The molecule has 0 radical (unpaired) electrons. The number of benzene rings is 3. The van der Waals surface area contributed by atoms with E-state index in [4.69, 9.17) is 0 Å². The van der Waals surface area contributed by atoms with Crippen molar-refractivity contribution in [2.45, 2.75) is 2.97 Å². The van der Waals surface area contributed by atoms with Crippen LogP contribution in [0.4, 0.5) is 0 Å². The Balaban J connectivity index is 2.36. The molecule has 3 aromatic rings. The van der Waals surface area contributed by atoms with Crippen LogP contribution in [0.2, 0.25) is 0 Å². The van der Waals surface area contributed by atoms with E-state index in [0.29, 0.717) is 0 Å². The van der Waals surface area contributed by atoms with Crippen LogP contribution >= 0.6 is 66.8 Å². The number of alkyl halides is 2. The second-order valence-electron chi connectivity index (χ2n) is 5.48. The van der Waals surface area contributed by atoms with E-state index >= 15 is 0 Å². The van der Waals surface area contributed by atoms with E-state index in [9.17, 15) is 0 Å². The molecule has 0 saturated carbocycles. The van der Waals surface area contributed by atoms with Crippen molar-refractivity contribution >= 4 is 77.5 Å². The summed E-state index contributed by atoms with van der Waals surface area (Å²) in [6.45, 7) is 0. The molecule has 0 bridgehead atoms. The van der Waals surface area contributed by atoms with Crippen molar-refractivity contribution in [1.29, 1.82) is 0 Å². The minimum absolute atomic E-state index is 0.518. The molecule has 0 spiro atoms. The minimum atomic E-state index is -3.02. The fourth-order valence-electron chi connectivity index (χ4n) is 2.72. The molecule has 0 aromatic heterocycles. The van der Waals surface area contributed by atoms with Crippen LogP contribution in [0.25, 0.3) is 0 Å². The summed E-state index contributed by atoms with van der Waals surface area (Å²) in [6.07, 6.45) is 0. The Kier molecular flexibility index (Phi) is 5.45. The summed E-state index contributed by atoms with van der Waals surface area (Å²) in [5.74, 6) is 0. The summed E-state index contributed by atoms with van der Waals surface area (Å²) in [5.41, 5.74) is 1.14. The van der Waals surface area contributed by atoms with E-state index in [1.165, 1.54) is 10.6 Å². The predicted octanol–water partition coefficient (Wildman–Crippen LogP) is 7.41. The summed E-state index contributed by atoms with van der Waals surface area (Å²) in [5, 5.41) is 2.40. The SMILES string of the molecule is BrC(Br)(c1ccccc1)P(Br)(Br)(c1ccccc1)c1ccccc1. The van der Waals surface area contributed by atoms with E-state index in [0.717, 1.165) is 5.56 Å². The first-order valence-corrected chi connectivity index (χ1v) is 15.2. The Labute approximate surface area is 175 Å². The van der Waals surface area contributed by atoms with Crippen molar-refractivity contribution < 1.29 is 0 Å². The van der Waals surface area contributed by atoms with Crippen LogP contribution in [-0.4, -0.2) is 0 Å². The molecule has 3 aromatic carbocycles. The second-order valence-corrected chi connectivity index (χ2v) is 25.0. The fourth-order valence-corrected chi connectivity index (χ4v) is 12.7. The molecular formula is C19H15Br4P. The van der Waals surface area contributed by atoms with Crippen molar-refractivity contribution in [3.05, 3.63) is 96.6 Å². The molecule has 24 heavy (non-hydrogen) atoms. The zero-order chi connectivity index (χ0) is 17.3. The third kappa shape index (κ3) is 2.89. The average Bonchev–Trinajstić information content (AvgIpc) is 2.64. The van der Waals surface area contributed by atoms with Gasteiger partial charge in [0.25, 0.3) is 0 Å². The standard InChI is InChI=1S/C19H15Br4P/c20-19(21,16-10-4-1-5-11-16)24(22,23,17-12-6-2-7-13-17)18-14-8-3-9-15-18/h1-15H. The Bertz CT molecular complexity index is 774. The Morgan fingerprint density at radius 3 is 1.25 bits per heavy atom. The maximum atomic E-state index is 4.22. The number of hydrogen-bond acceptors (Lipinski definition) is 0. The molecule has 0 aliphatic heterocycles. The van der Waals surface area contributed by atoms with E-state index in [-0.39, 0.29) is 0 Å². The zero-order valence-electron chi connectivity index (χ0n) is 12.6. The summed E-state index contributed by atoms with van der Waals surface area (Å²) in [7, 11) is 0. The van der Waals surface area contributed by atoms with Crippen LogP contribution in [0.5, 0.6) is 0 Å². The van der Waals surface area contributed by atoms with Crippen molar-refractivity contribution in [3.63, 3.8) is 0 Å². The third-order valence-corrected chi connectivity index (χ3v) is 26.7. The maximum absolute atomic E-state index is 4.22. The van der Waals surface area contributed by atoms with Gasteiger partial charge in [-0.3, -0.25) is 0 Å². The molecule has 0 atom stereocenters. The normalized spacial score (nSPS) is 13.9. The zero-order valence-corrected chi connectivity index (χ0v) is 19.9. The van der Waals surface area contributed by atoms with Gasteiger partial charge < -0.3 is 0 Å². The molecule has 0 amide bonds. The molecule has 0 unspecified atom stereocenters. The summed E-state index contributed by atoms with van der Waals surface area (Å²) < 4.78 is -3.54. The van der Waals surface area contributed by atoms with Gasteiger partial charge in [0.2, 0.25) is 0 Å². The third-order valence-electron chi connectivity index (χ3n) is 4.03. The first-order chi connectivity index (χ1) is 11.4. The van der Waals surface area contributed by atoms with E-state index in [1.54, 1.807) is 0 Å². The van der Waals surface area contributed by atoms with E-state index in [1.807, 2.05) is 18.2 Å². The van der Waals surface area contributed by atoms with Crippen LogP contribution in [0, 0.1) is 0 Å². The molecular weight excluding hydrogens is 579 g/mol. The molecule has 0 fully saturated rings. The molecule has 0 N–H and O–H groups in total. The predicted molar refractivity (Wildman–Crippen MR) is 123 cm³/mol. The van der Waals surface area contributed by atoms with Crippen LogP contribution in [0.15, 0.2) is 91.0 Å². The fraction of sp³-hybridized carbons (Fsp3) is 0.0526. The van der Waals surface area contributed by atoms with Gasteiger partial charge >= 0.3 is 177 Å². The Morgan fingerprint density at radius 2 is 0.875 bits per heavy atom. The Morgan fingerprint density at radius 1 is 0.542 bits per heavy atom. The topological polar surface area (TPSA) is 0 Å². The number of hydrogen-bond donors (Lipinski definition) is 0. The van der Waals surface area contributed by atoms with Gasteiger partial charge in [-0.15, -0.1) is 0 Å². The summed E-state index contributed by atoms with van der Waals surface area (Å²) in [6, 6.07) is 31.4. The van der Waals surface area contributed by atoms with Gasteiger partial charge in [0, 0.05) is 0 Å². The molecule has 0 aliphatic rings. The van der Waals surface area contributed by atoms with Gasteiger partial charge in [-0.05, 0) is 0 Å². The van der Waals surface area contributed by atoms with Gasteiger partial charge in [0.15, 0.2) is 0 Å². The molecule has 0 nitrogen and oxygen atoms in total. The van der Waals surface area contributed by atoms with Gasteiger partial charge in [-0.2, -0.15) is 0 Å². The van der Waals surface area contributed by atoms with Gasteiger partial charge in [-0.25, -0.2) is 0 Å². The van der Waals surface area contributed by atoms with Crippen molar-refractivity contribution in [2.24, 2.45) is 0 Å². The van der Waals surface area contributed by atoms with Crippen molar-refractivity contribution in [2.75, 3.05) is 0 Å². The van der Waals surface area contributed by atoms with E-state index < -0.39 is 6.98 Å². The number of rotatable bonds is 4. The molecule has 5 heteroatoms. The van der Waals surface area contributed by atoms with Crippen LogP contribution in [-0.2, 0) is 2.97 Å². The molecule has 0 heterocycles. The van der Waals surface area contributed by atoms with Crippen molar-refractivity contribution in [3.8, 4) is 0 Å². The van der Waals surface area contributed by atoms with Gasteiger partial charge in [0.1, 0.15) is 0 Å². The van der Waals surface area contributed by atoms with Crippen LogP contribution in [0.3, 0.4) is 0 Å². The van der Waals surface area contributed by atoms with Crippen LogP contribution in [0.1, 0.15) is 5.56 Å². The van der Waals surface area contributed by atoms with E-state index in [2.05, 4.69) is 136 Å². The molecule has 124 valence electrons. The first kappa shape index (κ1) is 18.8. The second kappa shape index (κ2) is 6.96. The monoisotopic (exact) mass is 590 g/mol. The quantitative estimate of drug-likeness (QED) is 0.218. The summed E-state index contributed by atoms with van der Waals surface area (Å²) in [4.78, 5) is 0. The molecule has 0 saturated heterocycles. The Hall–Kier alpha value is 0.0100. The van der Waals surface area contributed by atoms with Crippen LogP contribution < -0.4 is 10.6 Å². The molecule has 0 aliphatic carbocycles. The summed E-state index contributed by atoms with van der Waals surface area (Å²) >= 11 is 16.5. The molecule has 3 rings (SSSR count). The average molecular weight is 594 g/mol. The van der Waals surface area contributed by atoms with Crippen molar-refractivity contribution in [1.82, 2.24) is 0 Å². The first-order valence-electron chi connectivity index (χ1n) is 7.37. The van der Waals surface area contributed by atoms with Gasteiger partial charge in [-0.1, -0.05) is 0 Å². The van der Waals surface area contributed by atoms with Gasteiger partial charge in [0.05, 0.1) is 0 Å².